The van der Waals surface area contributed by atoms with Crippen LogP contribution in [0, 0.1) is 0 Å². The first-order chi connectivity index (χ1) is 4.45. The predicted molar refractivity (Wildman–Crippen MR) is 39.2 cm³/mol. The first-order valence-electron chi connectivity index (χ1n) is 3.21. The lowest BCUT2D eigenvalue weighted by Gasteiger charge is -2.03. The Morgan fingerprint density at radius 3 is 3.00 bits per heavy atom. The molecule has 1 aromatic rings. The van der Waals surface area contributed by atoms with Crippen LogP contribution in [0.3, 0.4) is 0 Å². The number of hydrogen-bond donors (Lipinski definition) is 0. The predicted octanol–water partition coefficient (Wildman–Crippen LogP) is 2.26. The second-order valence-corrected chi connectivity index (χ2v) is 2.35. The molecule has 0 N–H and O–H groups in total. The van der Waals surface area contributed by atoms with E-state index in [0.717, 1.165) is 6.42 Å². The molecular weight excluding hydrogens is 108 g/mol. The number of hydrogen-bond acceptors (Lipinski definition) is 0. The molecule has 44 valence electrons. The molecular formula is C9H8. The van der Waals surface area contributed by atoms with Crippen molar-refractivity contribution in [1.82, 2.24) is 0 Å². The van der Waals surface area contributed by atoms with Crippen molar-refractivity contribution in [3.05, 3.63) is 41.5 Å². The van der Waals surface area contributed by atoms with Gasteiger partial charge in [-0.2, -0.15) is 0 Å². The molecule has 0 saturated carbocycles. The van der Waals surface area contributed by atoms with Crippen LogP contribution in [0.25, 0.3) is 6.08 Å². The Hall–Kier alpha value is -1.04. The first-order valence-corrected chi connectivity index (χ1v) is 3.21. The molecule has 0 atom stereocenters. The zero-order chi connectivity index (χ0) is 6.10. The first kappa shape index (κ1) is 4.80. The fourth-order valence-electron chi connectivity index (χ4n) is 1.15. The van der Waals surface area contributed by atoms with Crippen LogP contribution in [0.5, 0.6) is 0 Å². The minimum atomic E-state index is 1.10. The van der Waals surface area contributed by atoms with E-state index in [1.54, 1.807) is 0 Å². The fourth-order valence-corrected chi connectivity index (χ4v) is 1.15. The van der Waals surface area contributed by atoms with E-state index in [4.69, 9.17) is 0 Å². The quantitative estimate of drug-likeness (QED) is 0.487. The molecule has 0 aromatic heterocycles. The number of rotatable bonds is 0. The Balaban J connectivity index is 2.64. The zero-order valence-corrected chi connectivity index (χ0v) is 5.17. The second kappa shape index (κ2) is 1.73. The molecule has 0 fully saturated rings. The second-order valence-electron chi connectivity index (χ2n) is 2.35. The van der Waals surface area contributed by atoms with E-state index < -0.39 is 0 Å². The standard InChI is InChI=1S/C9H8/c1-3-8-5-2-6-9(4-1)7-8/h1-5,7H,6H2. The highest BCUT2D eigenvalue weighted by Gasteiger charge is 1.95. The summed E-state index contributed by atoms with van der Waals surface area (Å²) in [7, 11) is 0. The van der Waals surface area contributed by atoms with E-state index in [-0.39, 0.29) is 0 Å². The van der Waals surface area contributed by atoms with Crippen LogP contribution in [-0.2, 0) is 6.42 Å². The monoisotopic (exact) mass is 116 g/mol. The molecule has 1 aliphatic carbocycles. The summed E-state index contributed by atoms with van der Waals surface area (Å²) in [6.07, 6.45) is 5.46. The van der Waals surface area contributed by atoms with Gasteiger partial charge in [0.1, 0.15) is 0 Å². The molecule has 0 heterocycles. The highest BCUT2D eigenvalue weighted by atomic mass is 14.0. The molecule has 0 unspecified atom stereocenters. The summed E-state index contributed by atoms with van der Waals surface area (Å²) in [4.78, 5) is 0. The summed E-state index contributed by atoms with van der Waals surface area (Å²) < 4.78 is 0. The van der Waals surface area contributed by atoms with Crippen LogP contribution in [-0.4, -0.2) is 0 Å². The van der Waals surface area contributed by atoms with Crippen LogP contribution in [0.4, 0.5) is 0 Å². The van der Waals surface area contributed by atoms with E-state index >= 15 is 0 Å². The average Bonchev–Trinajstić information content (AvgIpc) is 1.88. The zero-order valence-electron chi connectivity index (χ0n) is 5.17. The Morgan fingerprint density at radius 2 is 2.22 bits per heavy atom. The van der Waals surface area contributed by atoms with Gasteiger partial charge < -0.3 is 0 Å². The number of benzene rings is 1. The summed E-state index contributed by atoms with van der Waals surface area (Å²) in [5, 5.41) is 0. The van der Waals surface area contributed by atoms with Gasteiger partial charge in [-0.25, -0.2) is 0 Å². The molecule has 0 saturated heterocycles. The van der Waals surface area contributed by atoms with Gasteiger partial charge in [-0.3, -0.25) is 0 Å². The highest BCUT2D eigenvalue weighted by Crippen LogP contribution is 2.13. The normalized spacial score (nSPS) is 13.8. The van der Waals surface area contributed by atoms with Crippen molar-refractivity contribution in [2.45, 2.75) is 6.42 Å². The summed E-state index contributed by atoms with van der Waals surface area (Å²) in [6.45, 7) is 0. The molecule has 1 aliphatic rings. The average molecular weight is 116 g/mol. The Kier molecular flexibility index (Phi) is 0.922. The Labute approximate surface area is 54.8 Å². The highest BCUT2D eigenvalue weighted by molar-refractivity contribution is 5.54. The van der Waals surface area contributed by atoms with Crippen LogP contribution in [0.15, 0.2) is 30.3 Å². The van der Waals surface area contributed by atoms with Gasteiger partial charge >= 0.3 is 0 Å². The molecule has 0 radical (unpaired) electrons. The van der Waals surface area contributed by atoms with E-state index in [2.05, 4.69) is 36.4 Å². The Bertz CT molecular complexity index is 246. The van der Waals surface area contributed by atoms with Crippen LogP contribution in [0.1, 0.15) is 11.1 Å². The van der Waals surface area contributed by atoms with Gasteiger partial charge in [0, 0.05) is 0 Å². The van der Waals surface area contributed by atoms with Crippen LogP contribution >= 0.6 is 0 Å². The summed E-state index contributed by atoms with van der Waals surface area (Å²) in [6, 6.07) is 8.61. The third kappa shape index (κ3) is 0.765. The van der Waals surface area contributed by atoms with Gasteiger partial charge in [0.05, 0.1) is 0 Å². The van der Waals surface area contributed by atoms with Gasteiger partial charge in [-0.15, -0.1) is 0 Å². The molecule has 0 aliphatic heterocycles. The van der Waals surface area contributed by atoms with E-state index in [1.165, 1.54) is 11.1 Å². The number of allylic oxidation sites excluding steroid dienone is 1. The van der Waals surface area contributed by atoms with Crippen molar-refractivity contribution in [3.63, 3.8) is 0 Å². The minimum Gasteiger partial charge on any atom is -0.0795 e. The molecule has 0 heteroatoms. The van der Waals surface area contributed by atoms with Gasteiger partial charge in [-0.1, -0.05) is 36.4 Å². The van der Waals surface area contributed by atoms with Crippen molar-refractivity contribution in [2.75, 3.05) is 0 Å². The maximum Gasteiger partial charge on any atom is -0.00939 e. The van der Waals surface area contributed by atoms with Crippen molar-refractivity contribution in [3.8, 4) is 0 Å². The molecule has 2 bridgehead atoms. The lowest BCUT2D eigenvalue weighted by atomic mass is 10.0. The van der Waals surface area contributed by atoms with Crippen molar-refractivity contribution in [1.29, 1.82) is 0 Å². The largest absolute Gasteiger partial charge is 0.0795 e. The van der Waals surface area contributed by atoms with Crippen LogP contribution < -0.4 is 0 Å². The SMILES string of the molecule is C1=Cc2cccc(c2)C1. The van der Waals surface area contributed by atoms with Gasteiger partial charge in [0.2, 0.25) is 0 Å². The summed E-state index contributed by atoms with van der Waals surface area (Å²) >= 11 is 0. The molecule has 0 spiro atoms. The van der Waals surface area contributed by atoms with Gasteiger partial charge in [-0.05, 0) is 17.5 Å². The van der Waals surface area contributed by atoms with E-state index in [1.807, 2.05) is 0 Å². The van der Waals surface area contributed by atoms with E-state index in [0.29, 0.717) is 0 Å². The van der Waals surface area contributed by atoms with Gasteiger partial charge in [0.15, 0.2) is 0 Å². The smallest absolute Gasteiger partial charge is 0.00939 e. The van der Waals surface area contributed by atoms with Crippen molar-refractivity contribution < 1.29 is 0 Å². The van der Waals surface area contributed by atoms with Crippen molar-refractivity contribution in [2.24, 2.45) is 0 Å². The number of fused-ring (bicyclic) bond motifs is 2. The molecule has 9 heavy (non-hydrogen) atoms. The molecule has 0 nitrogen and oxygen atoms in total. The van der Waals surface area contributed by atoms with E-state index in [9.17, 15) is 0 Å². The molecule has 2 rings (SSSR count). The summed E-state index contributed by atoms with van der Waals surface area (Å²) in [5.41, 5.74) is 2.76. The van der Waals surface area contributed by atoms with Crippen LogP contribution in [0.2, 0.25) is 0 Å². The Morgan fingerprint density at radius 1 is 1.22 bits per heavy atom. The minimum absolute atomic E-state index is 1.10. The van der Waals surface area contributed by atoms with Crippen molar-refractivity contribution >= 4 is 6.08 Å². The maximum atomic E-state index is 2.22. The maximum absolute atomic E-state index is 2.22. The molecule has 0 amide bonds. The topological polar surface area (TPSA) is 0 Å². The lowest BCUT2D eigenvalue weighted by molar-refractivity contribution is 1.25. The van der Waals surface area contributed by atoms with Gasteiger partial charge in [0.25, 0.3) is 0 Å². The summed E-state index contributed by atoms with van der Waals surface area (Å²) in [5.74, 6) is 0. The third-order valence-corrected chi connectivity index (χ3v) is 1.61. The third-order valence-electron chi connectivity index (χ3n) is 1.61. The lowest BCUT2D eigenvalue weighted by Crippen LogP contribution is -1.86. The fraction of sp³-hybridized carbons (Fsp3) is 0.111. The molecule has 1 aromatic carbocycles.